The zero-order chi connectivity index (χ0) is 15.6. The number of amides is 1. The van der Waals surface area contributed by atoms with Crippen LogP contribution in [0.25, 0.3) is 5.65 Å². The molecule has 0 bridgehead atoms. The SMILES string of the molecule is C#CCCC1(CCC(=O)Nc2ccc3nc(C)nn3c2)N=N1. The Hall–Kier alpha value is -2.75. The van der Waals surface area contributed by atoms with Crippen LogP contribution in [0.5, 0.6) is 0 Å². The van der Waals surface area contributed by atoms with Crippen molar-refractivity contribution < 1.29 is 4.79 Å². The predicted octanol–water partition coefficient (Wildman–Crippen LogP) is 2.33. The van der Waals surface area contributed by atoms with Crippen LogP contribution in [0.1, 0.15) is 31.5 Å². The Bertz CT molecular complexity index is 779. The molecule has 2 aromatic rings. The van der Waals surface area contributed by atoms with E-state index in [2.05, 4.69) is 31.5 Å². The summed E-state index contributed by atoms with van der Waals surface area (Å²) >= 11 is 0. The first-order chi connectivity index (χ1) is 10.6. The largest absolute Gasteiger partial charge is 0.325 e. The predicted molar refractivity (Wildman–Crippen MR) is 81.2 cm³/mol. The van der Waals surface area contributed by atoms with Gasteiger partial charge in [0.25, 0.3) is 0 Å². The maximum atomic E-state index is 12.0. The number of anilines is 1. The molecule has 0 fully saturated rings. The van der Waals surface area contributed by atoms with Crippen molar-refractivity contribution in [3.8, 4) is 12.3 Å². The molecule has 2 aromatic heterocycles. The second kappa shape index (κ2) is 5.56. The van der Waals surface area contributed by atoms with Crippen molar-refractivity contribution in [3.05, 3.63) is 24.2 Å². The van der Waals surface area contributed by atoms with Gasteiger partial charge in [0, 0.05) is 25.7 Å². The topological polar surface area (TPSA) is 84.0 Å². The third kappa shape index (κ3) is 3.11. The minimum atomic E-state index is -0.420. The average Bonchev–Trinajstić information content (AvgIpc) is 3.17. The number of hydrogen-bond acceptors (Lipinski definition) is 5. The summed E-state index contributed by atoms with van der Waals surface area (Å²) in [6.07, 6.45) is 9.26. The van der Waals surface area contributed by atoms with Crippen LogP contribution in [0.4, 0.5) is 5.69 Å². The van der Waals surface area contributed by atoms with Gasteiger partial charge in [-0.1, -0.05) is 0 Å². The smallest absolute Gasteiger partial charge is 0.224 e. The normalized spacial score (nSPS) is 14.7. The molecule has 7 nitrogen and oxygen atoms in total. The number of carbonyl (C=O) groups excluding carboxylic acids is 1. The van der Waals surface area contributed by atoms with Gasteiger partial charge in [-0.2, -0.15) is 15.3 Å². The van der Waals surface area contributed by atoms with Gasteiger partial charge in [0.1, 0.15) is 5.82 Å². The van der Waals surface area contributed by atoms with Crippen molar-refractivity contribution in [3.63, 3.8) is 0 Å². The first-order valence-electron chi connectivity index (χ1n) is 7.11. The van der Waals surface area contributed by atoms with Crippen molar-refractivity contribution in [1.82, 2.24) is 14.6 Å². The van der Waals surface area contributed by atoms with Gasteiger partial charge >= 0.3 is 0 Å². The quantitative estimate of drug-likeness (QED) is 0.830. The number of fused-ring (bicyclic) bond motifs is 1. The molecule has 0 saturated heterocycles. The molecule has 7 heteroatoms. The van der Waals surface area contributed by atoms with Crippen molar-refractivity contribution in [2.45, 2.75) is 38.3 Å². The fourth-order valence-electron chi connectivity index (χ4n) is 2.27. The Morgan fingerprint density at radius 2 is 2.23 bits per heavy atom. The number of nitrogens with zero attached hydrogens (tertiary/aromatic N) is 5. The van der Waals surface area contributed by atoms with Gasteiger partial charge in [-0.25, -0.2) is 9.50 Å². The number of aromatic nitrogens is 3. The Morgan fingerprint density at radius 1 is 1.41 bits per heavy atom. The van der Waals surface area contributed by atoms with E-state index in [9.17, 15) is 4.79 Å². The van der Waals surface area contributed by atoms with Crippen molar-refractivity contribution in [2.75, 3.05) is 5.32 Å². The third-order valence-corrected chi connectivity index (χ3v) is 3.53. The van der Waals surface area contributed by atoms with Gasteiger partial charge in [-0.05, 0) is 19.1 Å². The Balaban J connectivity index is 1.55. The number of pyridine rings is 1. The number of aryl methyl sites for hydroxylation is 1. The minimum Gasteiger partial charge on any atom is -0.325 e. The van der Waals surface area contributed by atoms with Crippen LogP contribution in [0.15, 0.2) is 28.6 Å². The standard InChI is InChI=1S/C15H16N6O/c1-3-4-8-15(19-20-15)9-7-14(22)17-12-5-6-13-16-11(2)18-21(13)10-12/h1,5-6,10H,4,7-9H2,2H3,(H,17,22). The molecule has 1 aliphatic rings. The lowest BCUT2D eigenvalue weighted by atomic mass is 10.0. The summed E-state index contributed by atoms with van der Waals surface area (Å²) in [5.74, 6) is 3.19. The summed E-state index contributed by atoms with van der Waals surface area (Å²) in [5.41, 5.74) is 1.01. The van der Waals surface area contributed by atoms with Gasteiger partial charge in [-0.15, -0.1) is 12.3 Å². The zero-order valence-corrected chi connectivity index (χ0v) is 12.3. The van der Waals surface area contributed by atoms with Crippen LogP contribution < -0.4 is 5.32 Å². The molecule has 22 heavy (non-hydrogen) atoms. The highest BCUT2D eigenvalue weighted by Gasteiger charge is 2.39. The number of nitrogens with one attached hydrogen (secondary N) is 1. The molecule has 0 spiro atoms. The first kappa shape index (κ1) is 14.2. The minimum absolute atomic E-state index is 0.0754. The fourth-order valence-corrected chi connectivity index (χ4v) is 2.27. The Kier molecular flexibility index (Phi) is 3.59. The average molecular weight is 296 g/mol. The molecule has 0 unspecified atom stereocenters. The van der Waals surface area contributed by atoms with E-state index in [0.29, 0.717) is 37.2 Å². The second-order valence-electron chi connectivity index (χ2n) is 5.31. The Labute approximate surface area is 127 Å². The van der Waals surface area contributed by atoms with Crippen LogP contribution in [0.3, 0.4) is 0 Å². The van der Waals surface area contributed by atoms with Crippen LogP contribution in [0, 0.1) is 19.3 Å². The second-order valence-corrected chi connectivity index (χ2v) is 5.31. The Morgan fingerprint density at radius 3 is 2.95 bits per heavy atom. The molecular formula is C15H16N6O. The molecule has 3 rings (SSSR count). The van der Waals surface area contributed by atoms with E-state index in [1.807, 2.05) is 13.0 Å². The molecule has 1 N–H and O–H groups in total. The van der Waals surface area contributed by atoms with E-state index in [4.69, 9.17) is 6.42 Å². The van der Waals surface area contributed by atoms with Gasteiger partial charge in [0.15, 0.2) is 11.3 Å². The van der Waals surface area contributed by atoms with E-state index in [1.165, 1.54) is 0 Å². The molecule has 0 aliphatic carbocycles. The molecule has 3 heterocycles. The van der Waals surface area contributed by atoms with Crippen molar-refractivity contribution in [2.24, 2.45) is 10.2 Å². The highest BCUT2D eigenvalue weighted by molar-refractivity contribution is 5.90. The van der Waals surface area contributed by atoms with Gasteiger partial charge < -0.3 is 5.32 Å². The van der Waals surface area contributed by atoms with E-state index < -0.39 is 5.66 Å². The number of carbonyl (C=O) groups is 1. The van der Waals surface area contributed by atoms with Gasteiger partial charge in [0.2, 0.25) is 5.91 Å². The van der Waals surface area contributed by atoms with Crippen molar-refractivity contribution >= 4 is 17.2 Å². The van der Waals surface area contributed by atoms with Crippen LogP contribution >= 0.6 is 0 Å². The van der Waals surface area contributed by atoms with Gasteiger partial charge in [-0.3, -0.25) is 4.79 Å². The summed E-state index contributed by atoms with van der Waals surface area (Å²) in [6, 6.07) is 3.62. The highest BCUT2D eigenvalue weighted by Crippen LogP contribution is 2.37. The van der Waals surface area contributed by atoms with Crippen molar-refractivity contribution in [1.29, 1.82) is 0 Å². The maximum absolute atomic E-state index is 12.0. The molecule has 0 aromatic carbocycles. The fraction of sp³-hybridized carbons (Fsp3) is 0.400. The third-order valence-electron chi connectivity index (χ3n) is 3.53. The highest BCUT2D eigenvalue weighted by atomic mass is 16.1. The van der Waals surface area contributed by atoms with E-state index >= 15 is 0 Å². The molecule has 1 aliphatic heterocycles. The van der Waals surface area contributed by atoms with E-state index in [0.717, 1.165) is 5.65 Å². The lowest BCUT2D eigenvalue weighted by Gasteiger charge is -2.09. The lowest BCUT2D eigenvalue weighted by Crippen LogP contribution is -2.17. The van der Waals surface area contributed by atoms with Gasteiger partial charge in [0.05, 0.1) is 11.9 Å². The van der Waals surface area contributed by atoms with Crippen LogP contribution in [-0.4, -0.2) is 26.2 Å². The summed E-state index contributed by atoms with van der Waals surface area (Å²) in [6.45, 7) is 1.82. The monoisotopic (exact) mass is 296 g/mol. The maximum Gasteiger partial charge on any atom is 0.224 e. The number of hydrogen-bond donors (Lipinski definition) is 1. The molecular weight excluding hydrogens is 280 g/mol. The molecule has 1 amide bonds. The molecule has 0 atom stereocenters. The summed E-state index contributed by atoms with van der Waals surface area (Å²) in [4.78, 5) is 16.3. The lowest BCUT2D eigenvalue weighted by molar-refractivity contribution is -0.116. The summed E-state index contributed by atoms with van der Waals surface area (Å²) < 4.78 is 1.64. The molecule has 112 valence electrons. The molecule has 0 saturated carbocycles. The van der Waals surface area contributed by atoms with Crippen LogP contribution in [-0.2, 0) is 4.79 Å². The van der Waals surface area contributed by atoms with Crippen LogP contribution in [0.2, 0.25) is 0 Å². The molecule has 0 radical (unpaired) electrons. The summed E-state index contributed by atoms with van der Waals surface area (Å²) in [5, 5.41) is 15.1. The van der Waals surface area contributed by atoms with E-state index in [-0.39, 0.29) is 5.91 Å². The summed E-state index contributed by atoms with van der Waals surface area (Å²) in [7, 11) is 0. The zero-order valence-electron chi connectivity index (χ0n) is 12.3. The first-order valence-corrected chi connectivity index (χ1v) is 7.11. The number of terminal acetylenes is 1. The van der Waals surface area contributed by atoms with E-state index in [1.54, 1.807) is 16.8 Å². The number of rotatable bonds is 6.